The lowest BCUT2D eigenvalue weighted by Gasteiger charge is -2.21. The summed E-state index contributed by atoms with van der Waals surface area (Å²) >= 11 is 0. The minimum absolute atomic E-state index is 0.196. The second-order valence-electron chi connectivity index (χ2n) is 4.41. The molecule has 1 aromatic rings. The Hall–Kier alpha value is -2.44. The van der Waals surface area contributed by atoms with Crippen LogP contribution >= 0.6 is 0 Å². The number of piperidine rings is 1. The van der Waals surface area contributed by atoms with E-state index in [0.29, 0.717) is 12.0 Å². The van der Waals surface area contributed by atoms with Crippen LogP contribution in [0.1, 0.15) is 34.7 Å². The fraction of sp³-hybridized carbons (Fsp3) is 0.333. The van der Waals surface area contributed by atoms with E-state index in [4.69, 9.17) is 5.11 Å². The molecule has 2 amide bonds. The van der Waals surface area contributed by atoms with Crippen molar-refractivity contribution in [2.45, 2.75) is 18.8 Å². The summed E-state index contributed by atoms with van der Waals surface area (Å²) in [6.45, 7) is 0. The number of hydrogen-bond acceptors (Lipinski definition) is 4. The Morgan fingerprint density at radius 1 is 1.42 bits per heavy atom. The Bertz CT molecular complexity index is 631. The monoisotopic (exact) mass is 264 g/mol. The van der Waals surface area contributed by atoms with Gasteiger partial charge < -0.3 is 9.67 Å². The van der Waals surface area contributed by atoms with Crippen molar-refractivity contribution in [2.24, 2.45) is 7.05 Å². The molecule has 1 fully saturated rings. The molecule has 1 unspecified atom stereocenters. The number of aryl methyl sites for hydroxylation is 1. The molecule has 0 aliphatic carbocycles. The van der Waals surface area contributed by atoms with Crippen LogP contribution < -0.4 is 10.9 Å². The molecule has 0 bridgehead atoms. The van der Waals surface area contributed by atoms with Gasteiger partial charge in [0.2, 0.25) is 11.8 Å². The predicted molar refractivity (Wildman–Crippen MR) is 63.8 cm³/mol. The fourth-order valence-corrected chi connectivity index (χ4v) is 2.09. The van der Waals surface area contributed by atoms with Crippen LogP contribution in [0.25, 0.3) is 0 Å². The van der Waals surface area contributed by atoms with Crippen LogP contribution in [-0.4, -0.2) is 27.5 Å². The van der Waals surface area contributed by atoms with E-state index >= 15 is 0 Å². The second-order valence-corrected chi connectivity index (χ2v) is 4.41. The molecule has 2 rings (SSSR count). The van der Waals surface area contributed by atoms with Crippen molar-refractivity contribution in [3.63, 3.8) is 0 Å². The van der Waals surface area contributed by atoms with Gasteiger partial charge >= 0.3 is 5.97 Å². The van der Waals surface area contributed by atoms with Crippen LogP contribution in [0.3, 0.4) is 0 Å². The quantitative estimate of drug-likeness (QED) is 0.707. The highest BCUT2D eigenvalue weighted by Gasteiger charge is 2.29. The summed E-state index contributed by atoms with van der Waals surface area (Å²) in [4.78, 5) is 45.4. The van der Waals surface area contributed by atoms with Crippen LogP contribution in [0.2, 0.25) is 0 Å². The maximum absolute atomic E-state index is 11.7. The van der Waals surface area contributed by atoms with Gasteiger partial charge in [-0.3, -0.25) is 19.7 Å². The fourth-order valence-electron chi connectivity index (χ4n) is 2.09. The Balaban J connectivity index is 2.46. The zero-order valence-corrected chi connectivity index (χ0v) is 10.2. The molecule has 2 N–H and O–H groups in total. The average molecular weight is 264 g/mol. The van der Waals surface area contributed by atoms with Crippen molar-refractivity contribution in [2.75, 3.05) is 0 Å². The smallest absolute Gasteiger partial charge is 0.341 e. The number of carboxylic acid groups (broad SMARTS) is 1. The molecule has 0 radical (unpaired) electrons. The number of nitrogens with one attached hydrogen (secondary N) is 1. The summed E-state index contributed by atoms with van der Waals surface area (Å²) in [6.07, 6.45) is 1.93. The first-order valence-corrected chi connectivity index (χ1v) is 5.67. The third-order valence-electron chi connectivity index (χ3n) is 3.08. The Labute approximate surface area is 107 Å². The number of amides is 2. The molecule has 100 valence electrons. The van der Waals surface area contributed by atoms with E-state index in [1.165, 1.54) is 19.3 Å². The van der Waals surface area contributed by atoms with Crippen LogP contribution in [0.4, 0.5) is 0 Å². The van der Waals surface area contributed by atoms with Gasteiger partial charge in [0.25, 0.3) is 5.56 Å². The number of rotatable bonds is 2. The van der Waals surface area contributed by atoms with Crippen molar-refractivity contribution in [1.82, 2.24) is 9.88 Å². The van der Waals surface area contributed by atoms with Gasteiger partial charge in [0, 0.05) is 19.7 Å². The molecule has 19 heavy (non-hydrogen) atoms. The molecular formula is C12H12N2O5. The molecule has 0 spiro atoms. The van der Waals surface area contributed by atoms with Gasteiger partial charge in [-0.2, -0.15) is 0 Å². The number of nitrogens with zero attached hydrogens (tertiary/aromatic N) is 1. The number of carboxylic acids is 1. The number of carbonyl (C=O) groups excluding carboxylic acids is 2. The van der Waals surface area contributed by atoms with E-state index in [0.717, 1.165) is 4.57 Å². The molecule has 1 saturated heterocycles. The van der Waals surface area contributed by atoms with Crippen LogP contribution in [0.15, 0.2) is 17.1 Å². The molecule has 1 aliphatic rings. The summed E-state index contributed by atoms with van der Waals surface area (Å²) in [5.74, 6) is -2.76. The third kappa shape index (κ3) is 2.40. The zero-order chi connectivity index (χ0) is 14.2. The second kappa shape index (κ2) is 4.68. The lowest BCUT2D eigenvalue weighted by molar-refractivity contribution is -0.134. The van der Waals surface area contributed by atoms with E-state index in [1.807, 2.05) is 0 Å². The summed E-state index contributed by atoms with van der Waals surface area (Å²) < 4.78 is 1.13. The summed E-state index contributed by atoms with van der Waals surface area (Å²) in [5, 5.41) is 11.2. The lowest BCUT2D eigenvalue weighted by Crippen LogP contribution is -2.40. The molecule has 2 heterocycles. The molecule has 7 nitrogen and oxygen atoms in total. The number of aromatic carboxylic acids is 1. The van der Waals surface area contributed by atoms with Gasteiger partial charge in [-0.1, -0.05) is 0 Å². The first-order valence-electron chi connectivity index (χ1n) is 5.67. The summed E-state index contributed by atoms with van der Waals surface area (Å²) in [7, 11) is 1.42. The summed E-state index contributed by atoms with van der Waals surface area (Å²) in [6, 6.07) is 1.20. The number of pyridine rings is 1. The largest absolute Gasteiger partial charge is 0.477 e. The highest BCUT2D eigenvalue weighted by molar-refractivity contribution is 6.01. The van der Waals surface area contributed by atoms with Crippen LogP contribution in [0.5, 0.6) is 0 Å². The maximum atomic E-state index is 11.7. The van der Waals surface area contributed by atoms with E-state index in [1.54, 1.807) is 0 Å². The summed E-state index contributed by atoms with van der Waals surface area (Å²) in [5.41, 5.74) is -0.599. The highest BCUT2D eigenvalue weighted by atomic mass is 16.4. The van der Waals surface area contributed by atoms with E-state index < -0.39 is 23.4 Å². The Kier molecular flexibility index (Phi) is 3.20. The van der Waals surface area contributed by atoms with Gasteiger partial charge in [0.15, 0.2) is 0 Å². The molecule has 7 heteroatoms. The van der Waals surface area contributed by atoms with Crippen molar-refractivity contribution >= 4 is 17.8 Å². The number of aromatic nitrogens is 1. The van der Waals surface area contributed by atoms with Gasteiger partial charge in [-0.25, -0.2) is 4.79 Å². The van der Waals surface area contributed by atoms with Crippen LogP contribution in [0, 0.1) is 0 Å². The standard InChI is InChI=1S/C12H12N2O5/c1-14-5-6(4-8(11(14)17)12(18)19)7-2-3-9(15)13-10(7)16/h4-5,7H,2-3H2,1H3,(H,18,19)(H,13,15,16). The first-order chi connectivity index (χ1) is 8.90. The molecular weight excluding hydrogens is 252 g/mol. The third-order valence-corrected chi connectivity index (χ3v) is 3.08. The minimum Gasteiger partial charge on any atom is -0.477 e. The molecule has 1 aromatic heterocycles. The highest BCUT2D eigenvalue weighted by Crippen LogP contribution is 2.24. The molecule has 1 aliphatic heterocycles. The topological polar surface area (TPSA) is 105 Å². The molecule has 1 atom stereocenters. The van der Waals surface area contributed by atoms with E-state index in [2.05, 4.69) is 5.32 Å². The maximum Gasteiger partial charge on any atom is 0.341 e. The Morgan fingerprint density at radius 3 is 2.68 bits per heavy atom. The molecule has 0 aromatic carbocycles. The van der Waals surface area contributed by atoms with Gasteiger partial charge in [-0.05, 0) is 18.1 Å². The van der Waals surface area contributed by atoms with Crippen molar-refractivity contribution in [3.05, 3.63) is 33.7 Å². The van der Waals surface area contributed by atoms with E-state index in [-0.39, 0.29) is 17.9 Å². The minimum atomic E-state index is -1.34. The van der Waals surface area contributed by atoms with Crippen LogP contribution in [-0.2, 0) is 16.6 Å². The first kappa shape index (κ1) is 13.0. The lowest BCUT2D eigenvalue weighted by atomic mass is 9.91. The SMILES string of the molecule is Cn1cc(C2CCC(=O)NC2=O)cc(C(=O)O)c1=O. The number of carbonyl (C=O) groups is 3. The number of imide groups is 1. The van der Waals surface area contributed by atoms with Crippen molar-refractivity contribution in [3.8, 4) is 0 Å². The van der Waals surface area contributed by atoms with Gasteiger partial charge in [-0.15, -0.1) is 0 Å². The van der Waals surface area contributed by atoms with Crippen molar-refractivity contribution in [1.29, 1.82) is 0 Å². The van der Waals surface area contributed by atoms with Gasteiger partial charge in [0.1, 0.15) is 5.56 Å². The predicted octanol–water partition coefficient (Wildman–Crippen LogP) is -0.396. The zero-order valence-electron chi connectivity index (χ0n) is 10.2. The average Bonchev–Trinajstić information content (AvgIpc) is 2.32. The van der Waals surface area contributed by atoms with Crippen molar-refractivity contribution < 1.29 is 19.5 Å². The molecule has 0 saturated carbocycles. The Morgan fingerprint density at radius 2 is 2.11 bits per heavy atom. The number of hydrogen-bond donors (Lipinski definition) is 2. The van der Waals surface area contributed by atoms with E-state index in [9.17, 15) is 19.2 Å². The normalized spacial score (nSPS) is 19.1. The van der Waals surface area contributed by atoms with Gasteiger partial charge in [0.05, 0.1) is 5.92 Å².